The van der Waals surface area contributed by atoms with Gasteiger partial charge >= 0.3 is 5.97 Å². The number of sulfonamides is 1. The van der Waals surface area contributed by atoms with Gasteiger partial charge in [-0.25, -0.2) is 22.0 Å². The zero-order valence-corrected chi connectivity index (χ0v) is 11.2. The lowest BCUT2D eigenvalue weighted by Gasteiger charge is -2.11. The van der Waals surface area contributed by atoms with E-state index in [1.165, 1.54) is 12.1 Å². The number of hydrogen-bond acceptors (Lipinski definition) is 3. The molecule has 2 N–H and O–H groups in total. The Labute approximate surface area is 118 Å². The van der Waals surface area contributed by atoms with E-state index in [1.54, 1.807) is 0 Å². The number of carbonyl (C=O) groups is 1. The van der Waals surface area contributed by atoms with Crippen molar-refractivity contribution in [3.63, 3.8) is 0 Å². The first-order valence-corrected chi connectivity index (χ1v) is 7.10. The Morgan fingerprint density at radius 2 is 1.62 bits per heavy atom. The molecule has 2 aromatic rings. The molecule has 21 heavy (non-hydrogen) atoms. The maximum atomic E-state index is 13.5. The normalized spacial score (nSPS) is 11.1. The van der Waals surface area contributed by atoms with E-state index in [2.05, 4.69) is 0 Å². The van der Waals surface area contributed by atoms with Gasteiger partial charge in [-0.3, -0.25) is 4.72 Å². The van der Waals surface area contributed by atoms with Gasteiger partial charge in [-0.1, -0.05) is 18.2 Å². The molecular formula is C13H9F2NO4S. The lowest BCUT2D eigenvalue weighted by atomic mass is 10.2. The fraction of sp³-hybridized carbons (Fsp3) is 0. The molecule has 0 amide bonds. The maximum absolute atomic E-state index is 13.5. The van der Waals surface area contributed by atoms with E-state index in [4.69, 9.17) is 5.11 Å². The van der Waals surface area contributed by atoms with Crippen LogP contribution >= 0.6 is 0 Å². The third-order valence-corrected chi connectivity index (χ3v) is 4.00. The van der Waals surface area contributed by atoms with Crippen molar-refractivity contribution in [2.45, 2.75) is 4.90 Å². The maximum Gasteiger partial charge on any atom is 0.340 e. The molecule has 2 aromatic carbocycles. The third-order valence-electron chi connectivity index (χ3n) is 2.60. The van der Waals surface area contributed by atoms with Crippen LogP contribution in [0.25, 0.3) is 0 Å². The molecule has 0 saturated carbocycles. The largest absolute Gasteiger partial charge is 0.478 e. The molecule has 0 unspecified atom stereocenters. The van der Waals surface area contributed by atoms with E-state index in [1.807, 2.05) is 4.72 Å². The molecule has 110 valence electrons. The first-order chi connectivity index (χ1) is 9.83. The minimum atomic E-state index is -4.37. The van der Waals surface area contributed by atoms with Crippen molar-refractivity contribution in [1.29, 1.82) is 0 Å². The van der Waals surface area contributed by atoms with E-state index in [0.717, 1.165) is 30.3 Å². The molecule has 0 saturated heterocycles. The second kappa shape index (κ2) is 5.49. The number of carboxylic acids is 1. The molecule has 8 heteroatoms. The molecule has 5 nitrogen and oxygen atoms in total. The summed E-state index contributed by atoms with van der Waals surface area (Å²) in [7, 11) is -4.37. The van der Waals surface area contributed by atoms with Crippen molar-refractivity contribution in [3.8, 4) is 0 Å². The number of carboxylic acid groups (broad SMARTS) is 1. The Morgan fingerprint density at radius 1 is 1.00 bits per heavy atom. The molecule has 2 rings (SSSR count). The van der Waals surface area contributed by atoms with E-state index in [-0.39, 0.29) is 0 Å². The first kappa shape index (κ1) is 14.9. The summed E-state index contributed by atoms with van der Waals surface area (Å²) in [6, 6.07) is 7.66. The Morgan fingerprint density at radius 3 is 2.24 bits per heavy atom. The van der Waals surface area contributed by atoms with Crippen LogP contribution in [-0.2, 0) is 10.0 Å². The second-order valence-corrected chi connectivity index (χ2v) is 5.65. The molecule has 0 fully saturated rings. The Bertz CT molecular complexity index is 806. The Kier molecular flexibility index (Phi) is 3.90. The van der Waals surface area contributed by atoms with Crippen LogP contribution in [0.4, 0.5) is 14.5 Å². The summed E-state index contributed by atoms with van der Waals surface area (Å²) in [5.74, 6) is -3.74. The van der Waals surface area contributed by atoms with Crippen LogP contribution in [0.3, 0.4) is 0 Å². The van der Waals surface area contributed by atoms with Crippen LogP contribution in [0.2, 0.25) is 0 Å². The van der Waals surface area contributed by atoms with Gasteiger partial charge in [0.05, 0.1) is 5.69 Å². The van der Waals surface area contributed by atoms with Gasteiger partial charge in [0.25, 0.3) is 10.0 Å². The van der Waals surface area contributed by atoms with Crippen LogP contribution in [0.15, 0.2) is 47.4 Å². The van der Waals surface area contributed by atoms with Crippen molar-refractivity contribution in [3.05, 3.63) is 59.7 Å². The van der Waals surface area contributed by atoms with Gasteiger partial charge in [-0.05, 0) is 24.3 Å². The van der Waals surface area contributed by atoms with Crippen molar-refractivity contribution in [1.82, 2.24) is 0 Å². The van der Waals surface area contributed by atoms with Crippen LogP contribution in [0, 0.1) is 11.6 Å². The van der Waals surface area contributed by atoms with E-state index in [9.17, 15) is 22.0 Å². The van der Waals surface area contributed by atoms with Crippen LogP contribution < -0.4 is 4.72 Å². The smallest absolute Gasteiger partial charge is 0.340 e. The number of benzene rings is 2. The number of nitrogens with one attached hydrogen (secondary N) is 1. The molecule has 0 atom stereocenters. The number of anilines is 1. The summed E-state index contributed by atoms with van der Waals surface area (Å²) in [4.78, 5) is 10.3. The van der Waals surface area contributed by atoms with Crippen LogP contribution in [-0.4, -0.2) is 19.5 Å². The minimum absolute atomic E-state index is 0.481. The summed E-state index contributed by atoms with van der Waals surface area (Å²) >= 11 is 0. The van der Waals surface area contributed by atoms with Gasteiger partial charge in [0, 0.05) is 0 Å². The highest BCUT2D eigenvalue weighted by atomic mass is 32.2. The lowest BCUT2D eigenvalue weighted by Crippen LogP contribution is -2.17. The quantitative estimate of drug-likeness (QED) is 0.908. The first-order valence-electron chi connectivity index (χ1n) is 5.62. The molecule has 0 aliphatic rings. The highest BCUT2D eigenvalue weighted by molar-refractivity contribution is 7.92. The van der Waals surface area contributed by atoms with Crippen molar-refractivity contribution in [2.24, 2.45) is 0 Å². The second-order valence-electron chi connectivity index (χ2n) is 4.00. The van der Waals surface area contributed by atoms with Gasteiger partial charge < -0.3 is 5.11 Å². The third kappa shape index (κ3) is 3.00. The van der Waals surface area contributed by atoms with Crippen molar-refractivity contribution >= 4 is 21.7 Å². The fourth-order valence-corrected chi connectivity index (χ4v) is 2.84. The molecule has 0 bridgehead atoms. The molecular weight excluding hydrogens is 304 g/mol. The minimum Gasteiger partial charge on any atom is -0.478 e. The number of rotatable bonds is 4. The highest BCUT2D eigenvalue weighted by Gasteiger charge is 2.23. The number of aromatic carboxylic acids is 1. The molecule has 0 aromatic heterocycles. The van der Waals surface area contributed by atoms with Crippen LogP contribution in [0.5, 0.6) is 0 Å². The Hall–Kier alpha value is -2.48. The standard InChI is InChI=1S/C13H9F2NO4S/c14-8-4-1-2-7-11(8)21(19,20)16-10-6-3-5-9(15)12(10)13(17)18/h1-7,16H,(H,17,18). The predicted octanol–water partition coefficient (Wildman–Crippen LogP) is 2.46. The van der Waals surface area contributed by atoms with Gasteiger partial charge in [0.2, 0.25) is 0 Å². The Balaban J connectivity index is 2.50. The number of hydrogen-bond donors (Lipinski definition) is 2. The van der Waals surface area contributed by atoms with E-state index >= 15 is 0 Å². The molecule has 0 aliphatic carbocycles. The average molecular weight is 313 g/mol. The number of halogens is 2. The van der Waals surface area contributed by atoms with Crippen LogP contribution in [0.1, 0.15) is 10.4 Å². The zero-order chi connectivity index (χ0) is 15.6. The van der Waals surface area contributed by atoms with Gasteiger partial charge in [0.15, 0.2) is 0 Å². The fourth-order valence-electron chi connectivity index (χ4n) is 1.69. The van der Waals surface area contributed by atoms with Gasteiger partial charge in [-0.2, -0.15) is 0 Å². The monoisotopic (exact) mass is 313 g/mol. The van der Waals surface area contributed by atoms with E-state index < -0.39 is 43.8 Å². The van der Waals surface area contributed by atoms with Gasteiger partial charge in [-0.15, -0.1) is 0 Å². The van der Waals surface area contributed by atoms with Crippen molar-refractivity contribution in [2.75, 3.05) is 4.72 Å². The summed E-state index contributed by atoms with van der Waals surface area (Å²) in [5, 5.41) is 8.92. The average Bonchev–Trinajstić information content (AvgIpc) is 2.38. The van der Waals surface area contributed by atoms with E-state index in [0.29, 0.717) is 0 Å². The topological polar surface area (TPSA) is 83.5 Å². The predicted molar refractivity (Wildman–Crippen MR) is 70.6 cm³/mol. The molecule has 0 heterocycles. The molecule has 0 spiro atoms. The zero-order valence-electron chi connectivity index (χ0n) is 10.4. The van der Waals surface area contributed by atoms with Gasteiger partial charge in [0.1, 0.15) is 22.1 Å². The SMILES string of the molecule is O=C(O)c1c(F)cccc1NS(=O)(=O)c1ccccc1F. The van der Waals surface area contributed by atoms with Crippen molar-refractivity contribution < 1.29 is 27.1 Å². The summed E-state index contributed by atoms with van der Waals surface area (Å²) in [6.07, 6.45) is 0. The summed E-state index contributed by atoms with van der Waals surface area (Å²) < 4.78 is 52.9. The molecule has 0 radical (unpaired) electrons. The summed E-state index contributed by atoms with van der Waals surface area (Å²) in [5.41, 5.74) is -1.32. The highest BCUT2D eigenvalue weighted by Crippen LogP contribution is 2.23. The lowest BCUT2D eigenvalue weighted by molar-refractivity contribution is 0.0693. The summed E-state index contributed by atoms with van der Waals surface area (Å²) in [6.45, 7) is 0. The molecule has 0 aliphatic heterocycles.